The number of carboxylic acids is 3. The maximum atomic E-state index is 10.3. The van der Waals surface area contributed by atoms with Crippen LogP contribution in [0.5, 0.6) is 0 Å². The molecule has 7 nitrogen and oxygen atoms in total. The van der Waals surface area contributed by atoms with Crippen LogP contribution in [0, 0.1) is 0 Å². The zero-order valence-electron chi connectivity index (χ0n) is 7.13. The van der Waals surface area contributed by atoms with E-state index < -0.39 is 36.4 Å². The first-order chi connectivity index (χ1) is 5.78. The van der Waals surface area contributed by atoms with Crippen LogP contribution < -0.4 is 0 Å². The van der Waals surface area contributed by atoms with Gasteiger partial charge in [0.25, 0.3) is 0 Å². The van der Waals surface area contributed by atoms with Crippen molar-refractivity contribution in [2.24, 2.45) is 0 Å². The van der Waals surface area contributed by atoms with Gasteiger partial charge in [0, 0.05) is 34.1 Å². The molecule has 0 fully saturated rings. The molecule has 0 aromatic rings. The molecule has 0 rings (SSSR count). The van der Waals surface area contributed by atoms with Crippen LogP contribution in [0.2, 0.25) is 0 Å². The van der Waals surface area contributed by atoms with E-state index in [0.29, 0.717) is 0 Å². The van der Waals surface area contributed by atoms with Gasteiger partial charge in [-0.25, -0.2) is 4.79 Å². The van der Waals surface area contributed by atoms with Gasteiger partial charge in [0.05, 0.1) is 12.8 Å². The Balaban J connectivity index is -0.000000720. The molecule has 0 radical (unpaired) electrons. The zero-order valence-corrected chi connectivity index (χ0v) is 9.34. The van der Waals surface area contributed by atoms with Gasteiger partial charge in [0.15, 0.2) is 5.60 Å². The molecule has 0 aromatic carbocycles. The topological polar surface area (TPSA) is 132 Å². The van der Waals surface area contributed by atoms with Crippen LogP contribution >= 0.6 is 0 Å². The molecule has 0 aliphatic carbocycles. The summed E-state index contributed by atoms with van der Waals surface area (Å²) in [6.07, 6.45) is -2.29. The maximum Gasteiger partial charge on any atom is 0.336 e. The third kappa shape index (κ3) is 7.35. The van der Waals surface area contributed by atoms with Gasteiger partial charge in [-0.1, -0.05) is 0 Å². The summed E-state index contributed by atoms with van der Waals surface area (Å²) in [6, 6.07) is 0. The SMILES string of the molecule is O=C(O)CC(O)(CC(=O)O)C(=O)O.[Fe].[Fe]. The predicted molar refractivity (Wildman–Crippen MR) is 37.1 cm³/mol. The van der Waals surface area contributed by atoms with Crippen molar-refractivity contribution in [3.63, 3.8) is 0 Å². The smallest absolute Gasteiger partial charge is 0.336 e. The Hall–Kier alpha value is -0.591. The van der Waals surface area contributed by atoms with Gasteiger partial charge in [0.1, 0.15) is 0 Å². The largest absolute Gasteiger partial charge is 0.481 e. The molecule has 4 N–H and O–H groups in total. The van der Waals surface area contributed by atoms with Crippen molar-refractivity contribution >= 4 is 17.9 Å². The second kappa shape index (κ2) is 7.67. The molecular weight excluding hydrogens is 296 g/mol. The minimum atomic E-state index is -2.74. The molecule has 0 amide bonds. The third-order valence-corrected chi connectivity index (χ3v) is 1.29. The van der Waals surface area contributed by atoms with Crippen molar-refractivity contribution in [3.05, 3.63) is 0 Å². The van der Waals surface area contributed by atoms with E-state index in [1.54, 1.807) is 0 Å². The van der Waals surface area contributed by atoms with Crippen molar-refractivity contribution in [2.75, 3.05) is 0 Å². The Bertz CT molecular complexity index is 236. The van der Waals surface area contributed by atoms with Crippen LogP contribution in [0.3, 0.4) is 0 Å². The Morgan fingerprint density at radius 1 is 0.867 bits per heavy atom. The molecule has 90 valence electrons. The number of hydrogen-bond acceptors (Lipinski definition) is 4. The molecule has 0 saturated heterocycles. The summed E-state index contributed by atoms with van der Waals surface area (Å²) in [7, 11) is 0. The van der Waals surface area contributed by atoms with Crippen LogP contribution in [0.1, 0.15) is 12.8 Å². The molecule has 0 saturated carbocycles. The van der Waals surface area contributed by atoms with Crippen molar-refractivity contribution in [1.29, 1.82) is 0 Å². The van der Waals surface area contributed by atoms with Gasteiger partial charge >= 0.3 is 17.9 Å². The minimum absolute atomic E-state index is 0. The minimum Gasteiger partial charge on any atom is -0.481 e. The molecule has 0 bridgehead atoms. The van der Waals surface area contributed by atoms with Crippen molar-refractivity contribution in [1.82, 2.24) is 0 Å². The Kier molecular flexibility index (Phi) is 10.2. The fourth-order valence-corrected chi connectivity index (χ4v) is 0.714. The summed E-state index contributed by atoms with van der Waals surface area (Å²) in [6.45, 7) is 0. The monoisotopic (exact) mass is 304 g/mol. The summed E-state index contributed by atoms with van der Waals surface area (Å²) >= 11 is 0. The van der Waals surface area contributed by atoms with E-state index in [1.165, 1.54) is 0 Å². The summed E-state index contributed by atoms with van der Waals surface area (Å²) in [5.41, 5.74) is -2.74. The second-order valence-electron chi connectivity index (χ2n) is 2.48. The van der Waals surface area contributed by atoms with Gasteiger partial charge in [-0.2, -0.15) is 0 Å². The molecule has 9 heteroatoms. The first-order valence-electron chi connectivity index (χ1n) is 3.17. The van der Waals surface area contributed by atoms with E-state index >= 15 is 0 Å². The van der Waals surface area contributed by atoms with E-state index in [2.05, 4.69) is 0 Å². The quantitative estimate of drug-likeness (QED) is 0.466. The zero-order chi connectivity index (χ0) is 10.6. The average Bonchev–Trinajstić information content (AvgIpc) is 1.82. The number of carboxylic acid groups (broad SMARTS) is 3. The molecule has 0 aromatic heterocycles. The molecular formula is C6H8Fe2O7. The molecule has 0 unspecified atom stereocenters. The maximum absolute atomic E-state index is 10.3. The summed E-state index contributed by atoms with van der Waals surface area (Å²) in [4.78, 5) is 30.5. The molecule has 0 atom stereocenters. The number of aliphatic hydroxyl groups is 1. The number of aliphatic carboxylic acids is 3. The Morgan fingerprint density at radius 2 is 1.13 bits per heavy atom. The molecule has 15 heavy (non-hydrogen) atoms. The molecule has 0 aliphatic heterocycles. The fraction of sp³-hybridized carbons (Fsp3) is 0.500. The summed E-state index contributed by atoms with van der Waals surface area (Å²) < 4.78 is 0. The van der Waals surface area contributed by atoms with Gasteiger partial charge in [-0.15, -0.1) is 0 Å². The van der Waals surface area contributed by atoms with Crippen LogP contribution in [0.15, 0.2) is 0 Å². The van der Waals surface area contributed by atoms with Crippen molar-refractivity contribution in [3.8, 4) is 0 Å². The standard InChI is InChI=1S/C6H8O7.2Fe/c7-3(8)1-6(13,5(11)12)2-4(9)10;;/h13H,1-2H2,(H,7,8)(H,9,10)(H,11,12);;. The van der Waals surface area contributed by atoms with Crippen LogP contribution in [-0.4, -0.2) is 43.9 Å². The fourth-order valence-electron chi connectivity index (χ4n) is 0.714. The predicted octanol–water partition coefficient (Wildman–Crippen LogP) is -1.25. The van der Waals surface area contributed by atoms with Crippen LogP contribution in [0.25, 0.3) is 0 Å². The van der Waals surface area contributed by atoms with E-state index in [0.717, 1.165) is 0 Å². The summed E-state index contributed by atoms with van der Waals surface area (Å²) in [5, 5.41) is 33.8. The van der Waals surface area contributed by atoms with Crippen LogP contribution in [-0.2, 0) is 48.5 Å². The van der Waals surface area contributed by atoms with E-state index in [9.17, 15) is 14.4 Å². The third-order valence-electron chi connectivity index (χ3n) is 1.29. The van der Waals surface area contributed by atoms with Crippen LogP contribution in [0.4, 0.5) is 0 Å². The van der Waals surface area contributed by atoms with Crippen molar-refractivity contribution < 1.29 is 68.9 Å². The van der Waals surface area contributed by atoms with Gasteiger partial charge in [-0.05, 0) is 0 Å². The number of hydrogen-bond donors (Lipinski definition) is 4. The Morgan fingerprint density at radius 3 is 1.27 bits per heavy atom. The normalized spacial score (nSPS) is 9.40. The first-order valence-corrected chi connectivity index (χ1v) is 3.17. The van der Waals surface area contributed by atoms with Gasteiger partial charge in [0.2, 0.25) is 0 Å². The average molecular weight is 304 g/mol. The molecule has 0 aliphatic rings. The number of rotatable bonds is 5. The molecule has 0 heterocycles. The van der Waals surface area contributed by atoms with E-state index in [-0.39, 0.29) is 34.1 Å². The van der Waals surface area contributed by atoms with E-state index in [4.69, 9.17) is 20.4 Å². The van der Waals surface area contributed by atoms with E-state index in [1.807, 2.05) is 0 Å². The van der Waals surface area contributed by atoms with Gasteiger partial charge < -0.3 is 20.4 Å². The summed E-state index contributed by atoms with van der Waals surface area (Å²) in [5.74, 6) is -5.02. The second-order valence-corrected chi connectivity index (χ2v) is 2.48. The van der Waals surface area contributed by atoms with Crippen molar-refractivity contribution in [2.45, 2.75) is 18.4 Å². The van der Waals surface area contributed by atoms with Gasteiger partial charge in [-0.3, -0.25) is 9.59 Å². The molecule has 0 spiro atoms. The first kappa shape index (κ1) is 19.9. The Labute approximate surface area is 105 Å². The number of carbonyl (C=O) groups is 3.